The molecule has 0 bridgehead atoms. The summed E-state index contributed by atoms with van der Waals surface area (Å²) in [6.45, 7) is 0. The van der Waals surface area contributed by atoms with E-state index in [4.69, 9.17) is 0 Å². The molecule has 3 aromatic rings. The predicted molar refractivity (Wildman–Crippen MR) is 87.9 cm³/mol. The quantitative estimate of drug-likeness (QED) is 0.465. The van der Waals surface area contributed by atoms with Gasteiger partial charge in [0.2, 0.25) is 16.5 Å². The second-order valence-corrected chi connectivity index (χ2v) is 6.95. The lowest BCUT2D eigenvalue weighted by Gasteiger charge is -2.11. The van der Waals surface area contributed by atoms with Gasteiger partial charge in [-0.1, -0.05) is 36.4 Å². The molecule has 122 valence electrons. The van der Waals surface area contributed by atoms with Crippen LogP contribution < -0.4 is 4.74 Å². The fraction of sp³-hybridized carbons (Fsp3) is 0.0526. The molecule has 0 heterocycles. The van der Waals surface area contributed by atoms with Crippen molar-refractivity contribution in [3.8, 4) is 5.75 Å². The van der Waals surface area contributed by atoms with Crippen LogP contribution in [0.15, 0.2) is 81.4 Å². The number of benzene rings is 3. The second-order valence-electron chi connectivity index (χ2n) is 4.95. The van der Waals surface area contributed by atoms with Gasteiger partial charge in [-0.2, -0.15) is 8.78 Å². The number of methoxy groups -OCH3 is 1. The number of halogens is 3. The Hall–Kier alpha value is -2.40. The van der Waals surface area contributed by atoms with Crippen LogP contribution in [0.5, 0.6) is 5.75 Å². The maximum absolute atomic E-state index is 14.6. The zero-order valence-corrected chi connectivity index (χ0v) is 13.6. The summed E-state index contributed by atoms with van der Waals surface area (Å²) < 4.78 is 47.6. The molecule has 1 nitrogen and oxygen atoms in total. The molecule has 3 aromatic carbocycles. The van der Waals surface area contributed by atoms with Gasteiger partial charge in [0.25, 0.3) is 0 Å². The third-order valence-electron chi connectivity index (χ3n) is 3.46. The zero-order chi connectivity index (χ0) is 17.1. The van der Waals surface area contributed by atoms with Gasteiger partial charge in [0.1, 0.15) is 10.9 Å². The summed E-state index contributed by atoms with van der Waals surface area (Å²) in [6, 6.07) is 19.2. The van der Waals surface area contributed by atoms with E-state index in [1.807, 2.05) is 60.7 Å². The SMILES string of the molecule is COc1c(F)cc([S+](c2ccccc2)c2ccccc2)c(F)c1F. The maximum atomic E-state index is 14.6. The van der Waals surface area contributed by atoms with Gasteiger partial charge >= 0.3 is 0 Å². The smallest absolute Gasteiger partial charge is 0.218 e. The standard InChI is InChI=1S/C19H14F3OS/c1-23-19-15(20)12-16(17(21)18(19)22)24(13-8-4-2-5-9-13)14-10-6-3-7-11-14/h2-12H,1H3/q+1. The number of rotatable bonds is 4. The average molecular weight is 347 g/mol. The predicted octanol–water partition coefficient (Wildman–Crippen LogP) is 5.21. The highest BCUT2D eigenvalue weighted by Gasteiger charge is 2.35. The molecule has 0 saturated heterocycles. The first-order chi connectivity index (χ1) is 11.6. The highest BCUT2D eigenvalue weighted by atomic mass is 32.2. The number of hydrogen-bond acceptors (Lipinski definition) is 1. The van der Waals surface area contributed by atoms with E-state index in [0.29, 0.717) is 0 Å². The Morgan fingerprint density at radius 1 is 0.750 bits per heavy atom. The fourth-order valence-electron chi connectivity index (χ4n) is 2.40. The summed E-state index contributed by atoms with van der Waals surface area (Å²) in [4.78, 5) is 1.50. The van der Waals surface area contributed by atoms with Gasteiger partial charge in [0.15, 0.2) is 21.4 Å². The van der Waals surface area contributed by atoms with Crippen LogP contribution in [0, 0.1) is 17.5 Å². The van der Waals surface area contributed by atoms with Crippen molar-refractivity contribution in [3.05, 3.63) is 84.2 Å². The summed E-state index contributed by atoms with van der Waals surface area (Å²) in [5.74, 6) is -4.03. The lowest BCUT2D eigenvalue weighted by atomic mass is 10.3. The largest absolute Gasteiger partial charge is 0.491 e. The van der Waals surface area contributed by atoms with Crippen molar-refractivity contribution < 1.29 is 17.9 Å². The van der Waals surface area contributed by atoms with Crippen LogP contribution >= 0.6 is 0 Å². The Kier molecular flexibility index (Phi) is 4.81. The van der Waals surface area contributed by atoms with Crippen LogP contribution in [0.2, 0.25) is 0 Å². The molecule has 0 atom stereocenters. The van der Waals surface area contributed by atoms with Crippen LogP contribution in [0.1, 0.15) is 0 Å². The van der Waals surface area contributed by atoms with Gasteiger partial charge in [-0.25, -0.2) is 4.39 Å². The van der Waals surface area contributed by atoms with Gasteiger partial charge in [-0.15, -0.1) is 0 Å². The minimum atomic E-state index is -1.31. The molecule has 0 N–H and O–H groups in total. The highest BCUT2D eigenvalue weighted by Crippen LogP contribution is 2.36. The minimum Gasteiger partial charge on any atom is -0.491 e. The van der Waals surface area contributed by atoms with Crippen LogP contribution in [0.3, 0.4) is 0 Å². The molecular weight excluding hydrogens is 333 g/mol. The Bertz CT molecular complexity index is 799. The summed E-state index contributed by atoms with van der Waals surface area (Å²) in [5.41, 5.74) is 0. The Morgan fingerprint density at radius 3 is 1.71 bits per heavy atom. The highest BCUT2D eigenvalue weighted by molar-refractivity contribution is 7.97. The molecule has 0 aromatic heterocycles. The van der Waals surface area contributed by atoms with E-state index < -0.39 is 34.1 Å². The molecule has 0 amide bonds. The van der Waals surface area contributed by atoms with Crippen LogP contribution in [0.4, 0.5) is 13.2 Å². The van der Waals surface area contributed by atoms with Gasteiger partial charge in [-0.3, -0.25) is 0 Å². The summed E-state index contributed by atoms with van der Waals surface area (Å²) in [5, 5.41) is 0. The third-order valence-corrected chi connectivity index (χ3v) is 5.69. The first-order valence-corrected chi connectivity index (χ1v) is 8.42. The van der Waals surface area contributed by atoms with Crippen molar-refractivity contribution in [2.75, 3.05) is 7.11 Å². The van der Waals surface area contributed by atoms with E-state index in [-0.39, 0.29) is 4.90 Å². The first kappa shape index (κ1) is 16.5. The van der Waals surface area contributed by atoms with E-state index in [2.05, 4.69) is 4.74 Å². The van der Waals surface area contributed by atoms with E-state index >= 15 is 0 Å². The normalized spacial score (nSPS) is 10.9. The van der Waals surface area contributed by atoms with Gasteiger partial charge in [0, 0.05) is 6.07 Å². The average Bonchev–Trinajstić information content (AvgIpc) is 2.62. The Morgan fingerprint density at radius 2 is 1.25 bits per heavy atom. The van der Waals surface area contributed by atoms with Crippen LogP contribution in [0.25, 0.3) is 0 Å². The molecule has 5 heteroatoms. The first-order valence-electron chi connectivity index (χ1n) is 7.19. The van der Waals surface area contributed by atoms with Crippen molar-refractivity contribution in [1.82, 2.24) is 0 Å². The summed E-state index contributed by atoms with van der Waals surface area (Å²) >= 11 is 0. The Labute approximate surface area is 141 Å². The van der Waals surface area contributed by atoms with Crippen molar-refractivity contribution in [3.63, 3.8) is 0 Å². The molecule has 0 aliphatic heterocycles. The molecular formula is C19H14F3OS+. The van der Waals surface area contributed by atoms with Crippen molar-refractivity contribution in [2.45, 2.75) is 14.7 Å². The van der Waals surface area contributed by atoms with Crippen molar-refractivity contribution in [2.24, 2.45) is 0 Å². The number of ether oxygens (including phenoxy) is 1. The van der Waals surface area contributed by atoms with Crippen LogP contribution in [-0.2, 0) is 10.9 Å². The van der Waals surface area contributed by atoms with Gasteiger partial charge in [-0.05, 0) is 24.3 Å². The van der Waals surface area contributed by atoms with Crippen LogP contribution in [-0.4, -0.2) is 7.11 Å². The van der Waals surface area contributed by atoms with E-state index in [1.54, 1.807) is 0 Å². The third kappa shape index (κ3) is 2.99. The lowest BCUT2D eigenvalue weighted by Crippen LogP contribution is -2.10. The molecule has 0 aliphatic rings. The van der Waals surface area contributed by atoms with E-state index in [0.717, 1.165) is 23.0 Å². The van der Waals surface area contributed by atoms with Crippen molar-refractivity contribution in [1.29, 1.82) is 0 Å². The van der Waals surface area contributed by atoms with Gasteiger partial charge < -0.3 is 4.74 Å². The zero-order valence-electron chi connectivity index (χ0n) is 12.8. The molecule has 0 spiro atoms. The number of hydrogen-bond donors (Lipinski definition) is 0. The maximum Gasteiger partial charge on any atom is 0.218 e. The molecule has 0 aliphatic carbocycles. The van der Waals surface area contributed by atoms with Gasteiger partial charge in [0.05, 0.1) is 7.11 Å². The summed E-state index contributed by atoms with van der Waals surface area (Å²) in [7, 11) is 0.138. The Balaban J connectivity index is 2.25. The summed E-state index contributed by atoms with van der Waals surface area (Å²) in [6.07, 6.45) is 0. The second kappa shape index (κ2) is 7.01. The lowest BCUT2D eigenvalue weighted by molar-refractivity contribution is 0.342. The monoisotopic (exact) mass is 347 g/mol. The molecule has 0 unspecified atom stereocenters. The molecule has 0 fully saturated rings. The fourth-order valence-corrected chi connectivity index (χ4v) is 4.52. The van der Waals surface area contributed by atoms with E-state index in [1.165, 1.54) is 0 Å². The minimum absolute atomic E-state index is 0.0387. The molecule has 0 radical (unpaired) electrons. The topological polar surface area (TPSA) is 9.23 Å². The van der Waals surface area contributed by atoms with Crippen molar-refractivity contribution >= 4 is 10.9 Å². The molecule has 24 heavy (non-hydrogen) atoms. The van der Waals surface area contributed by atoms with E-state index in [9.17, 15) is 13.2 Å². The molecule has 3 rings (SSSR count). The molecule has 0 saturated carbocycles.